The fourth-order valence-corrected chi connectivity index (χ4v) is 1.08. The number of aliphatic hydroxyl groups excluding tert-OH is 1. The van der Waals surface area contributed by atoms with E-state index in [1.807, 2.05) is 0 Å². The minimum atomic E-state index is -0.935. The number of rotatable bonds is 2. The van der Waals surface area contributed by atoms with Crippen LogP contribution < -0.4 is 0 Å². The monoisotopic (exact) mass is 272 g/mol. The first kappa shape index (κ1) is 19.7. The van der Waals surface area contributed by atoms with Crippen molar-refractivity contribution in [2.75, 3.05) is 0 Å². The standard InChI is InChI=1S/C6H12O.2C4H6O2/c7-6-4-2-1-3-5-6;2*1-3(2)4(5)6/h6-7H,1-5H2;2*1H2,2H3,(H,5,6). The fraction of sp³-hybridized carbons (Fsp3) is 0.571. The second kappa shape index (κ2) is 11.5. The van der Waals surface area contributed by atoms with E-state index in [1.54, 1.807) is 0 Å². The Morgan fingerprint density at radius 3 is 1.26 bits per heavy atom. The molecule has 1 saturated carbocycles. The molecule has 1 rings (SSSR count). The SMILES string of the molecule is C=C(C)C(=O)O.C=C(C)C(=O)O.OC1CCCCC1. The van der Waals surface area contributed by atoms with E-state index >= 15 is 0 Å². The summed E-state index contributed by atoms with van der Waals surface area (Å²) in [5, 5.41) is 24.7. The molecular formula is C14H24O5. The molecule has 0 heterocycles. The topological polar surface area (TPSA) is 94.8 Å². The molecule has 0 saturated heterocycles. The Kier molecular flexibility index (Phi) is 11.9. The molecule has 110 valence electrons. The van der Waals surface area contributed by atoms with Gasteiger partial charge in [0, 0.05) is 11.1 Å². The van der Waals surface area contributed by atoms with Crippen molar-refractivity contribution in [1.82, 2.24) is 0 Å². The Bertz CT molecular complexity index is 266. The van der Waals surface area contributed by atoms with Gasteiger partial charge in [0.05, 0.1) is 6.10 Å². The Labute approximate surface area is 114 Å². The smallest absolute Gasteiger partial charge is 0.330 e. The Balaban J connectivity index is 0. The second-order valence-corrected chi connectivity index (χ2v) is 4.46. The normalized spacial score (nSPS) is 14.1. The molecule has 0 radical (unpaired) electrons. The number of hydrogen-bond acceptors (Lipinski definition) is 3. The lowest BCUT2D eigenvalue weighted by atomic mass is 9.98. The minimum Gasteiger partial charge on any atom is -0.478 e. The van der Waals surface area contributed by atoms with Gasteiger partial charge in [-0.2, -0.15) is 0 Å². The Morgan fingerprint density at radius 1 is 0.895 bits per heavy atom. The van der Waals surface area contributed by atoms with Crippen LogP contribution in [0.2, 0.25) is 0 Å². The highest BCUT2D eigenvalue weighted by Crippen LogP contribution is 2.16. The van der Waals surface area contributed by atoms with Crippen LogP contribution in [-0.2, 0) is 9.59 Å². The summed E-state index contributed by atoms with van der Waals surface area (Å²) < 4.78 is 0. The van der Waals surface area contributed by atoms with Gasteiger partial charge in [0.2, 0.25) is 0 Å². The fourth-order valence-electron chi connectivity index (χ4n) is 1.08. The molecule has 0 aromatic rings. The van der Waals surface area contributed by atoms with Gasteiger partial charge in [0.15, 0.2) is 0 Å². The zero-order valence-corrected chi connectivity index (χ0v) is 11.7. The molecule has 1 aliphatic carbocycles. The summed E-state index contributed by atoms with van der Waals surface area (Å²) in [4.78, 5) is 19.2. The summed E-state index contributed by atoms with van der Waals surface area (Å²) >= 11 is 0. The lowest BCUT2D eigenvalue weighted by Gasteiger charge is -2.14. The number of hydrogen-bond donors (Lipinski definition) is 3. The number of carboxylic acid groups (broad SMARTS) is 2. The van der Waals surface area contributed by atoms with Crippen LogP contribution in [0.25, 0.3) is 0 Å². The molecule has 0 bridgehead atoms. The number of aliphatic carboxylic acids is 2. The van der Waals surface area contributed by atoms with E-state index in [9.17, 15) is 9.59 Å². The number of carbonyl (C=O) groups is 2. The van der Waals surface area contributed by atoms with Crippen molar-refractivity contribution in [3.63, 3.8) is 0 Å². The lowest BCUT2D eigenvalue weighted by molar-refractivity contribution is -0.133. The van der Waals surface area contributed by atoms with E-state index in [1.165, 1.54) is 33.1 Å². The van der Waals surface area contributed by atoms with Crippen LogP contribution in [0.15, 0.2) is 24.3 Å². The first-order valence-electron chi connectivity index (χ1n) is 6.14. The van der Waals surface area contributed by atoms with E-state index in [0.717, 1.165) is 12.8 Å². The second-order valence-electron chi connectivity index (χ2n) is 4.46. The highest BCUT2D eigenvalue weighted by atomic mass is 16.4. The molecule has 1 aliphatic rings. The van der Waals surface area contributed by atoms with Crippen LogP contribution >= 0.6 is 0 Å². The van der Waals surface area contributed by atoms with Crippen LogP contribution in [0.4, 0.5) is 0 Å². The average Bonchev–Trinajstić information content (AvgIpc) is 2.31. The van der Waals surface area contributed by atoms with Crippen molar-refractivity contribution in [2.24, 2.45) is 0 Å². The zero-order chi connectivity index (χ0) is 15.4. The number of carboxylic acids is 2. The molecule has 0 aromatic heterocycles. The van der Waals surface area contributed by atoms with Crippen LogP contribution in [0.5, 0.6) is 0 Å². The third-order valence-electron chi connectivity index (χ3n) is 2.30. The predicted octanol–water partition coefficient (Wildman–Crippen LogP) is 2.61. The number of aliphatic hydroxyl groups is 1. The lowest BCUT2D eigenvalue weighted by Crippen LogP contribution is -2.09. The van der Waals surface area contributed by atoms with Gasteiger partial charge >= 0.3 is 11.9 Å². The molecule has 5 nitrogen and oxygen atoms in total. The molecule has 0 unspecified atom stereocenters. The van der Waals surface area contributed by atoms with Gasteiger partial charge in [-0.15, -0.1) is 0 Å². The Morgan fingerprint density at radius 2 is 1.16 bits per heavy atom. The van der Waals surface area contributed by atoms with E-state index in [0.29, 0.717) is 0 Å². The van der Waals surface area contributed by atoms with E-state index < -0.39 is 11.9 Å². The summed E-state index contributed by atoms with van der Waals surface area (Å²) in [6.07, 6.45) is 5.92. The van der Waals surface area contributed by atoms with Crippen molar-refractivity contribution in [3.8, 4) is 0 Å². The molecule has 19 heavy (non-hydrogen) atoms. The van der Waals surface area contributed by atoms with Crippen molar-refractivity contribution < 1.29 is 24.9 Å². The van der Waals surface area contributed by atoms with Crippen LogP contribution in [0.1, 0.15) is 46.0 Å². The summed E-state index contributed by atoms with van der Waals surface area (Å²) in [5.41, 5.74) is 0.352. The van der Waals surface area contributed by atoms with Crippen LogP contribution in [0, 0.1) is 0 Å². The highest BCUT2D eigenvalue weighted by Gasteiger charge is 2.07. The van der Waals surface area contributed by atoms with Gasteiger partial charge in [-0.05, 0) is 26.7 Å². The van der Waals surface area contributed by atoms with Gasteiger partial charge in [0.1, 0.15) is 0 Å². The maximum absolute atomic E-state index is 9.60. The van der Waals surface area contributed by atoms with Crippen LogP contribution in [0.3, 0.4) is 0 Å². The van der Waals surface area contributed by atoms with E-state index in [2.05, 4.69) is 13.2 Å². The molecule has 0 aromatic carbocycles. The third-order valence-corrected chi connectivity index (χ3v) is 2.30. The summed E-state index contributed by atoms with van der Waals surface area (Å²) in [6, 6.07) is 0. The third kappa shape index (κ3) is 16.4. The zero-order valence-electron chi connectivity index (χ0n) is 11.7. The van der Waals surface area contributed by atoms with Crippen molar-refractivity contribution in [2.45, 2.75) is 52.1 Å². The summed E-state index contributed by atoms with van der Waals surface area (Å²) in [6.45, 7) is 9.20. The molecule has 3 N–H and O–H groups in total. The molecule has 0 spiro atoms. The molecular weight excluding hydrogens is 248 g/mol. The summed E-state index contributed by atoms with van der Waals surface area (Å²) in [7, 11) is 0. The average molecular weight is 272 g/mol. The van der Waals surface area contributed by atoms with Gasteiger partial charge in [-0.3, -0.25) is 0 Å². The van der Waals surface area contributed by atoms with E-state index in [4.69, 9.17) is 15.3 Å². The first-order valence-corrected chi connectivity index (χ1v) is 6.14. The highest BCUT2D eigenvalue weighted by molar-refractivity contribution is 5.85. The van der Waals surface area contributed by atoms with Gasteiger partial charge in [-0.25, -0.2) is 9.59 Å². The quantitative estimate of drug-likeness (QED) is 0.672. The van der Waals surface area contributed by atoms with Crippen LogP contribution in [-0.4, -0.2) is 33.4 Å². The molecule has 5 heteroatoms. The predicted molar refractivity (Wildman–Crippen MR) is 74.0 cm³/mol. The molecule has 0 aliphatic heterocycles. The van der Waals surface area contributed by atoms with Gasteiger partial charge in [0.25, 0.3) is 0 Å². The van der Waals surface area contributed by atoms with Crippen molar-refractivity contribution in [3.05, 3.63) is 24.3 Å². The summed E-state index contributed by atoms with van der Waals surface area (Å²) in [5.74, 6) is -1.87. The maximum atomic E-state index is 9.60. The van der Waals surface area contributed by atoms with E-state index in [-0.39, 0.29) is 17.3 Å². The molecule has 0 amide bonds. The largest absolute Gasteiger partial charge is 0.478 e. The van der Waals surface area contributed by atoms with Gasteiger partial charge < -0.3 is 15.3 Å². The van der Waals surface area contributed by atoms with Gasteiger partial charge in [-0.1, -0.05) is 32.4 Å². The maximum Gasteiger partial charge on any atom is 0.330 e. The first-order chi connectivity index (χ1) is 8.68. The molecule has 1 fully saturated rings. The Hall–Kier alpha value is -1.62. The molecule has 0 atom stereocenters. The minimum absolute atomic E-state index is 0.0359. The van der Waals surface area contributed by atoms with Crippen molar-refractivity contribution >= 4 is 11.9 Å². The van der Waals surface area contributed by atoms with Crippen molar-refractivity contribution in [1.29, 1.82) is 0 Å².